The highest BCUT2D eigenvalue weighted by atomic mass is 19.2. The molecule has 0 N–H and O–H groups in total. The molecule has 0 unspecified atom stereocenters. The van der Waals surface area contributed by atoms with E-state index in [4.69, 9.17) is 4.74 Å². The second-order valence-corrected chi connectivity index (χ2v) is 9.08. The Morgan fingerprint density at radius 1 is 0.848 bits per heavy atom. The maximum Gasteiger partial charge on any atom is 0.227 e. The minimum absolute atomic E-state index is 0.0200. The van der Waals surface area contributed by atoms with Crippen molar-refractivity contribution in [3.63, 3.8) is 0 Å². The lowest BCUT2D eigenvalue weighted by molar-refractivity contribution is -0.121. The third kappa shape index (κ3) is 4.38. The van der Waals surface area contributed by atoms with E-state index in [9.17, 15) is 13.6 Å². The Morgan fingerprint density at radius 2 is 1.61 bits per heavy atom. The third-order valence-electron chi connectivity index (χ3n) is 7.12. The van der Waals surface area contributed by atoms with Gasteiger partial charge in [-0.15, -0.1) is 0 Å². The molecule has 1 spiro atoms. The van der Waals surface area contributed by atoms with Crippen LogP contribution in [0.4, 0.5) is 26.1 Å². The number of benzene rings is 1. The average molecular weight is 458 g/mol. The van der Waals surface area contributed by atoms with Gasteiger partial charge in [-0.3, -0.25) is 4.79 Å². The zero-order chi connectivity index (χ0) is 22.8. The van der Waals surface area contributed by atoms with Gasteiger partial charge in [0.05, 0.1) is 12.1 Å². The SMILES string of the molecule is O=C1CCCC2(CCN(c3cc(N4CCCOCC4)ncn3)CC2)N1c1ccc(F)c(F)c1. The lowest BCUT2D eigenvalue weighted by Crippen LogP contribution is -2.60. The highest BCUT2D eigenvalue weighted by Crippen LogP contribution is 2.42. The third-order valence-corrected chi connectivity index (χ3v) is 7.12. The molecule has 0 saturated carbocycles. The summed E-state index contributed by atoms with van der Waals surface area (Å²) in [4.78, 5) is 28.1. The first kappa shape index (κ1) is 22.0. The standard InChI is InChI=1S/C24H29F2N5O2/c25-19-5-4-18(15-20(19)26)31-23(32)3-1-6-24(31)7-10-30(11-8-24)22-16-21(27-17-28-22)29-9-2-13-33-14-12-29/h4-5,15-17H,1-3,6-14H2. The molecular formula is C24H29F2N5O2. The van der Waals surface area contributed by atoms with Crippen LogP contribution in [-0.4, -0.2) is 60.8 Å². The van der Waals surface area contributed by atoms with Crippen molar-refractivity contribution in [2.24, 2.45) is 0 Å². The van der Waals surface area contributed by atoms with Gasteiger partial charge in [0.1, 0.15) is 18.0 Å². The molecule has 3 fully saturated rings. The molecular weight excluding hydrogens is 428 g/mol. The van der Waals surface area contributed by atoms with E-state index >= 15 is 0 Å². The van der Waals surface area contributed by atoms with Crippen LogP contribution in [-0.2, 0) is 9.53 Å². The van der Waals surface area contributed by atoms with Gasteiger partial charge in [-0.05, 0) is 44.2 Å². The maximum atomic E-state index is 14.0. The van der Waals surface area contributed by atoms with Gasteiger partial charge in [-0.1, -0.05) is 0 Å². The van der Waals surface area contributed by atoms with E-state index < -0.39 is 11.6 Å². The number of aromatic nitrogens is 2. The van der Waals surface area contributed by atoms with Crippen LogP contribution in [0.3, 0.4) is 0 Å². The topological polar surface area (TPSA) is 61.8 Å². The van der Waals surface area contributed by atoms with Crippen LogP contribution < -0.4 is 14.7 Å². The van der Waals surface area contributed by atoms with Crippen LogP contribution in [0.25, 0.3) is 0 Å². The van der Waals surface area contributed by atoms with Gasteiger partial charge in [-0.2, -0.15) is 0 Å². The van der Waals surface area contributed by atoms with Gasteiger partial charge >= 0.3 is 0 Å². The summed E-state index contributed by atoms with van der Waals surface area (Å²) in [6, 6.07) is 5.79. The second-order valence-electron chi connectivity index (χ2n) is 9.08. The smallest absolute Gasteiger partial charge is 0.227 e. The van der Waals surface area contributed by atoms with Crippen LogP contribution in [0.2, 0.25) is 0 Å². The summed E-state index contributed by atoms with van der Waals surface area (Å²) in [5.74, 6) is -0.0644. The molecule has 3 aliphatic heterocycles. The number of hydrogen-bond acceptors (Lipinski definition) is 6. The van der Waals surface area contributed by atoms with Crippen LogP contribution in [0, 0.1) is 11.6 Å². The fraction of sp³-hybridized carbons (Fsp3) is 0.542. The lowest BCUT2D eigenvalue weighted by atomic mass is 9.78. The molecule has 0 radical (unpaired) electrons. The van der Waals surface area contributed by atoms with Crippen LogP contribution in [0.5, 0.6) is 0 Å². The Kier molecular flexibility index (Phi) is 6.14. The molecule has 5 rings (SSSR count). The van der Waals surface area contributed by atoms with Crippen molar-refractivity contribution in [1.29, 1.82) is 0 Å². The zero-order valence-corrected chi connectivity index (χ0v) is 18.7. The summed E-state index contributed by atoms with van der Waals surface area (Å²) in [5.41, 5.74) is 0.0634. The minimum atomic E-state index is -0.925. The normalized spacial score (nSPS) is 21.4. The number of nitrogens with zero attached hydrogens (tertiary/aromatic N) is 5. The molecule has 3 saturated heterocycles. The summed E-state index contributed by atoms with van der Waals surface area (Å²) in [6.07, 6.45) is 6.17. The number of carbonyl (C=O) groups excluding carboxylic acids is 1. The van der Waals surface area contributed by atoms with Crippen molar-refractivity contribution >= 4 is 23.2 Å². The summed E-state index contributed by atoms with van der Waals surface area (Å²) in [7, 11) is 0. The highest BCUT2D eigenvalue weighted by molar-refractivity contribution is 5.95. The molecule has 1 aromatic heterocycles. The first-order valence-corrected chi connectivity index (χ1v) is 11.7. The van der Waals surface area contributed by atoms with E-state index in [1.165, 1.54) is 6.07 Å². The summed E-state index contributed by atoms with van der Waals surface area (Å²) in [6.45, 7) is 4.64. The van der Waals surface area contributed by atoms with Crippen molar-refractivity contribution in [1.82, 2.24) is 9.97 Å². The molecule has 0 atom stereocenters. The van der Waals surface area contributed by atoms with E-state index in [1.807, 2.05) is 6.07 Å². The maximum absolute atomic E-state index is 14.0. The molecule has 176 valence electrons. The molecule has 4 heterocycles. The average Bonchev–Trinajstić information content (AvgIpc) is 3.12. The molecule has 9 heteroatoms. The van der Waals surface area contributed by atoms with Crippen molar-refractivity contribution in [3.05, 3.63) is 42.2 Å². The van der Waals surface area contributed by atoms with Gasteiger partial charge in [0.15, 0.2) is 11.6 Å². The van der Waals surface area contributed by atoms with E-state index in [0.29, 0.717) is 18.7 Å². The van der Waals surface area contributed by atoms with E-state index in [0.717, 1.165) is 88.7 Å². The number of anilines is 3. The Hall–Kier alpha value is -2.81. The number of hydrogen-bond donors (Lipinski definition) is 0. The van der Waals surface area contributed by atoms with Crippen LogP contribution >= 0.6 is 0 Å². The lowest BCUT2D eigenvalue weighted by Gasteiger charge is -2.51. The minimum Gasteiger partial charge on any atom is -0.380 e. The van der Waals surface area contributed by atoms with Gasteiger partial charge in [0, 0.05) is 57.0 Å². The van der Waals surface area contributed by atoms with Crippen LogP contribution in [0.1, 0.15) is 38.5 Å². The first-order valence-electron chi connectivity index (χ1n) is 11.7. The van der Waals surface area contributed by atoms with E-state index in [1.54, 1.807) is 11.2 Å². The predicted octanol–water partition coefficient (Wildman–Crippen LogP) is 3.54. The van der Waals surface area contributed by atoms with Crippen molar-refractivity contribution in [2.45, 2.75) is 44.1 Å². The fourth-order valence-electron chi connectivity index (χ4n) is 5.38. The number of rotatable bonds is 3. The summed E-state index contributed by atoms with van der Waals surface area (Å²) < 4.78 is 33.0. The number of halogens is 2. The van der Waals surface area contributed by atoms with Gasteiger partial charge < -0.3 is 19.4 Å². The van der Waals surface area contributed by atoms with Gasteiger partial charge in [-0.25, -0.2) is 18.7 Å². The number of amides is 1. The summed E-state index contributed by atoms with van der Waals surface area (Å²) >= 11 is 0. The second kappa shape index (κ2) is 9.21. The molecule has 2 aromatic rings. The molecule has 33 heavy (non-hydrogen) atoms. The molecule has 0 bridgehead atoms. The van der Waals surface area contributed by atoms with Crippen molar-refractivity contribution in [3.8, 4) is 0 Å². The fourth-order valence-corrected chi connectivity index (χ4v) is 5.38. The largest absolute Gasteiger partial charge is 0.380 e. The van der Waals surface area contributed by atoms with E-state index in [2.05, 4.69) is 19.8 Å². The molecule has 3 aliphatic rings. The first-order chi connectivity index (χ1) is 16.1. The summed E-state index contributed by atoms with van der Waals surface area (Å²) in [5, 5.41) is 0. The number of piperidine rings is 2. The van der Waals surface area contributed by atoms with Gasteiger partial charge in [0.25, 0.3) is 0 Å². The van der Waals surface area contributed by atoms with E-state index in [-0.39, 0.29) is 11.4 Å². The highest BCUT2D eigenvalue weighted by Gasteiger charge is 2.45. The number of carbonyl (C=O) groups is 1. The zero-order valence-electron chi connectivity index (χ0n) is 18.7. The monoisotopic (exact) mass is 457 g/mol. The molecule has 1 amide bonds. The molecule has 1 aromatic carbocycles. The van der Waals surface area contributed by atoms with Crippen LogP contribution in [0.15, 0.2) is 30.6 Å². The van der Waals surface area contributed by atoms with Gasteiger partial charge in [0.2, 0.25) is 5.91 Å². The van der Waals surface area contributed by atoms with Crippen molar-refractivity contribution in [2.75, 3.05) is 54.1 Å². The van der Waals surface area contributed by atoms with Crippen molar-refractivity contribution < 1.29 is 18.3 Å². The Balaban J connectivity index is 1.34. The number of ether oxygens (including phenoxy) is 1. The Labute approximate surface area is 192 Å². The quantitative estimate of drug-likeness (QED) is 0.703. The Bertz CT molecular complexity index is 1000. The molecule has 7 nitrogen and oxygen atoms in total. The predicted molar refractivity (Wildman–Crippen MR) is 122 cm³/mol. The Morgan fingerprint density at radius 3 is 2.36 bits per heavy atom. The molecule has 0 aliphatic carbocycles.